The first-order valence-corrected chi connectivity index (χ1v) is 12.2. The van der Waals surface area contributed by atoms with Crippen molar-refractivity contribution in [1.82, 2.24) is 0 Å². The molecule has 0 aromatic carbocycles. The highest BCUT2D eigenvalue weighted by molar-refractivity contribution is 5.38. The molecule has 3 saturated carbocycles. The third-order valence-corrected chi connectivity index (χ3v) is 8.44. The zero-order valence-electron chi connectivity index (χ0n) is 19.7. The van der Waals surface area contributed by atoms with Gasteiger partial charge in [0, 0.05) is 6.42 Å². The average Bonchev–Trinajstić information content (AvgIpc) is 3.00. The number of allylic oxidation sites excluding steroid dienone is 3. The number of aliphatic hydroxyl groups is 3. The summed E-state index contributed by atoms with van der Waals surface area (Å²) in [6.45, 7) is 12.8. The Kier molecular flexibility index (Phi) is 7.37. The molecule has 3 aliphatic rings. The van der Waals surface area contributed by atoms with Crippen molar-refractivity contribution >= 4 is 0 Å². The fourth-order valence-corrected chi connectivity index (χ4v) is 6.74. The van der Waals surface area contributed by atoms with Gasteiger partial charge in [-0.1, -0.05) is 51.0 Å². The zero-order chi connectivity index (χ0) is 22.1. The summed E-state index contributed by atoms with van der Waals surface area (Å²) in [7, 11) is 0. The van der Waals surface area contributed by atoms with Crippen LogP contribution in [0.3, 0.4) is 0 Å². The SMILES string of the molecule is C=C1/C(=C\C=C2/CCC[C@]3(C)[C@@H]2CC[C@@H]3[C@H](C)CCCC(C)(C)O)C[C@@H](O)C[C@@H]1O. The molecule has 0 bridgehead atoms. The molecule has 3 heteroatoms. The molecule has 0 saturated heterocycles. The number of hydrogen-bond acceptors (Lipinski definition) is 3. The molecule has 0 amide bonds. The minimum Gasteiger partial charge on any atom is -0.393 e. The van der Waals surface area contributed by atoms with Crippen LogP contribution in [0, 0.1) is 23.2 Å². The van der Waals surface area contributed by atoms with E-state index < -0.39 is 17.8 Å². The van der Waals surface area contributed by atoms with Crippen molar-refractivity contribution in [2.45, 2.75) is 110 Å². The molecule has 0 spiro atoms. The van der Waals surface area contributed by atoms with Gasteiger partial charge >= 0.3 is 0 Å². The van der Waals surface area contributed by atoms with Crippen LogP contribution in [0.2, 0.25) is 0 Å². The van der Waals surface area contributed by atoms with Crippen LogP contribution in [-0.2, 0) is 0 Å². The van der Waals surface area contributed by atoms with E-state index in [0.29, 0.717) is 30.1 Å². The number of rotatable bonds is 6. The molecule has 0 aromatic rings. The van der Waals surface area contributed by atoms with Crippen molar-refractivity contribution in [2.24, 2.45) is 23.2 Å². The molecular formula is C27H44O3. The van der Waals surface area contributed by atoms with Crippen LogP contribution in [0.1, 0.15) is 91.9 Å². The summed E-state index contributed by atoms with van der Waals surface area (Å²) >= 11 is 0. The van der Waals surface area contributed by atoms with Gasteiger partial charge in [0.1, 0.15) is 0 Å². The van der Waals surface area contributed by atoms with Crippen molar-refractivity contribution < 1.29 is 15.3 Å². The van der Waals surface area contributed by atoms with Gasteiger partial charge in [0.15, 0.2) is 0 Å². The average molecular weight is 417 g/mol. The van der Waals surface area contributed by atoms with Gasteiger partial charge in [-0.3, -0.25) is 0 Å². The second-order valence-electron chi connectivity index (χ2n) is 11.3. The van der Waals surface area contributed by atoms with Gasteiger partial charge in [-0.15, -0.1) is 0 Å². The quantitative estimate of drug-likeness (QED) is 0.520. The van der Waals surface area contributed by atoms with Crippen molar-refractivity contribution in [3.05, 3.63) is 35.5 Å². The Balaban J connectivity index is 1.70. The predicted octanol–water partition coefficient (Wildman–Crippen LogP) is 5.70. The lowest BCUT2D eigenvalue weighted by Crippen LogP contribution is -2.36. The van der Waals surface area contributed by atoms with Gasteiger partial charge in [-0.2, -0.15) is 0 Å². The Morgan fingerprint density at radius 1 is 1.23 bits per heavy atom. The first-order chi connectivity index (χ1) is 14.0. The van der Waals surface area contributed by atoms with Crippen LogP contribution in [0.5, 0.6) is 0 Å². The summed E-state index contributed by atoms with van der Waals surface area (Å²) < 4.78 is 0. The lowest BCUT2D eigenvalue weighted by atomic mass is 9.60. The molecule has 0 aromatic heterocycles. The largest absolute Gasteiger partial charge is 0.393 e. The number of hydrogen-bond donors (Lipinski definition) is 3. The first kappa shape index (κ1) is 23.8. The maximum atomic E-state index is 10.1. The zero-order valence-corrected chi connectivity index (χ0v) is 19.7. The Bertz CT molecular complexity index is 683. The molecule has 3 rings (SSSR count). The van der Waals surface area contributed by atoms with E-state index in [0.717, 1.165) is 29.9 Å². The summed E-state index contributed by atoms with van der Waals surface area (Å²) in [6.07, 6.45) is 13.9. The Morgan fingerprint density at radius 2 is 1.97 bits per heavy atom. The fraction of sp³-hybridized carbons (Fsp3) is 0.778. The molecule has 3 aliphatic carbocycles. The minimum absolute atomic E-state index is 0.374. The molecule has 3 fully saturated rings. The molecular weight excluding hydrogens is 372 g/mol. The highest BCUT2D eigenvalue weighted by Gasteiger charge is 2.50. The van der Waals surface area contributed by atoms with E-state index >= 15 is 0 Å². The summed E-state index contributed by atoms with van der Waals surface area (Å²) in [6, 6.07) is 0. The maximum absolute atomic E-state index is 10.1. The molecule has 3 N–H and O–H groups in total. The van der Waals surface area contributed by atoms with Crippen molar-refractivity contribution in [3.63, 3.8) is 0 Å². The summed E-state index contributed by atoms with van der Waals surface area (Å²) in [5, 5.41) is 30.2. The van der Waals surface area contributed by atoms with E-state index in [2.05, 4.69) is 32.6 Å². The van der Waals surface area contributed by atoms with Gasteiger partial charge in [0.25, 0.3) is 0 Å². The van der Waals surface area contributed by atoms with E-state index in [1.165, 1.54) is 38.5 Å². The van der Waals surface area contributed by atoms with E-state index in [1.54, 1.807) is 5.57 Å². The van der Waals surface area contributed by atoms with Crippen LogP contribution < -0.4 is 0 Å². The van der Waals surface area contributed by atoms with Crippen LogP contribution in [0.4, 0.5) is 0 Å². The minimum atomic E-state index is -0.615. The molecule has 30 heavy (non-hydrogen) atoms. The number of aliphatic hydroxyl groups excluding tert-OH is 2. The third-order valence-electron chi connectivity index (χ3n) is 8.44. The molecule has 170 valence electrons. The van der Waals surface area contributed by atoms with Crippen molar-refractivity contribution in [3.8, 4) is 0 Å². The molecule has 6 atom stereocenters. The van der Waals surface area contributed by atoms with Gasteiger partial charge in [0.05, 0.1) is 17.8 Å². The van der Waals surface area contributed by atoms with Gasteiger partial charge < -0.3 is 15.3 Å². The Morgan fingerprint density at radius 3 is 2.67 bits per heavy atom. The highest BCUT2D eigenvalue weighted by atomic mass is 16.3. The smallest absolute Gasteiger partial charge is 0.0811 e. The predicted molar refractivity (Wildman–Crippen MR) is 124 cm³/mol. The van der Waals surface area contributed by atoms with E-state index in [9.17, 15) is 15.3 Å². The van der Waals surface area contributed by atoms with Crippen LogP contribution >= 0.6 is 0 Å². The van der Waals surface area contributed by atoms with Gasteiger partial charge in [-0.05, 0) is 93.1 Å². The summed E-state index contributed by atoms with van der Waals surface area (Å²) in [5.41, 5.74) is 3.17. The summed E-state index contributed by atoms with van der Waals surface area (Å²) in [4.78, 5) is 0. The van der Waals surface area contributed by atoms with E-state index in [4.69, 9.17) is 0 Å². The molecule has 0 radical (unpaired) electrons. The lowest BCUT2D eigenvalue weighted by molar-refractivity contribution is 0.0596. The summed E-state index contributed by atoms with van der Waals surface area (Å²) in [5.74, 6) is 2.11. The Labute approximate surface area is 184 Å². The normalized spacial score (nSPS) is 38.8. The van der Waals surface area contributed by atoms with Crippen LogP contribution in [0.25, 0.3) is 0 Å². The first-order valence-electron chi connectivity index (χ1n) is 12.2. The van der Waals surface area contributed by atoms with Gasteiger partial charge in [0.2, 0.25) is 0 Å². The van der Waals surface area contributed by atoms with Gasteiger partial charge in [-0.25, -0.2) is 0 Å². The molecule has 0 aliphatic heterocycles. The topological polar surface area (TPSA) is 60.7 Å². The Hall–Kier alpha value is -0.900. The standard InChI is InChI=1S/C27H44O3/c1-18(8-6-14-26(3,4)30)23-12-13-24-20(9-7-15-27(23,24)5)10-11-21-16-22(28)17-25(29)19(21)2/h10-11,18,22-25,28-30H,2,6-9,12-17H2,1,3-5H3/b20-10+,21-11-/t18-,22-,23-,24-,25+,27+/m1/s1. The van der Waals surface area contributed by atoms with Crippen LogP contribution in [0.15, 0.2) is 35.5 Å². The van der Waals surface area contributed by atoms with E-state index in [-0.39, 0.29) is 0 Å². The van der Waals surface area contributed by atoms with Crippen molar-refractivity contribution in [2.75, 3.05) is 0 Å². The monoisotopic (exact) mass is 416 g/mol. The molecule has 0 unspecified atom stereocenters. The second-order valence-corrected chi connectivity index (χ2v) is 11.3. The maximum Gasteiger partial charge on any atom is 0.0811 e. The third kappa shape index (κ3) is 5.29. The van der Waals surface area contributed by atoms with Crippen molar-refractivity contribution in [1.29, 1.82) is 0 Å². The van der Waals surface area contributed by atoms with Crippen LogP contribution in [-0.4, -0.2) is 33.1 Å². The second kappa shape index (κ2) is 9.30. The number of fused-ring (bicyclic) bond motifs is 1. The fourth-order valence-electron chi connectivity index (χ4n) is 6.74. The molecule has 3 nitrogen and oxygen atoms in total. The molecule has 0 heterocycles. The lowest BCUT2D eigenvalue weighted by Gasteiger charge is -2.44. The van der Waals surface area contributed by atoms with E-state index in [1.807, 2.05) is 13.8 Å². The highest BCUT2D eigenvalue weighted by Crippen LogP contribution is 2.60.